The lowest BCUT2D eigenvalue weighted by Crippen LogP contribution is -2.06. The standard InChI is InChI=1S/C15H22N2/c1-11(2)15(17-13(4)16)9-8-14-7-5-6-12(3)10-14/h5-7,10H,8-9H2,1-4H3,(H2,16,17). The molecule has 2 nitrogen and oxygen atoms in total. The minimum Gasteiger partial charge on any atom is -0.387 e. The molecule has 0 aliphatic rings. The van der Waals surface area contributed by atoms with Crippen LogP contribution in [0.15, 0.2) is 40.5 Å². The molecule has 92 valence electrons. The van der Waals surface area contributed by atoms with Gasteiger partial charge in [-0.25, -0.2) is 4.99 Å². The van der Waals surface area contributed by atoms with Gasteiger partial charge in [0.05, 0.1) is 5.84 Å². The summed E-state index contributed by atoms with van der Waals surface area (Å²) in [6.07, 6.45) is 1.96. The molecule has 1 aromatic carbocycles. The molecule has 0 saturated carbocycles. The van der Waals surface area contributed by atoms with E-state index in [1.54, 1.807) is 0 Å². The maximum Gasteiger partial charge on any atom is 0.0960 e. The molecular formula is C15H22N2. The summed E-state index contributed by atoms with van der Waals surface area (Å²) in [6, 6.07) is 8.61. The van der Waals surface area contributed by atoms with Gasteiger partial charge in [-0.05, 0) is 46.1 Å². The first-order valence-electron chi connectivity index (χ1n) is 6.01. The summed E-state index contributed by atoms with van der Waals surface area (Å²) in [5.74, 6) is 0.630. The van der Waals surface area contributed by atoms with Crippen LogP contribution in [0.3, 0.4) is 0 Å². The van der Waals surface area contributed by atoms with Gasteiger partial charge in [0, 0.05) is 5.70 Å². The van der Waals surface area contributed by atoms with E-state index in [-0.39, 0.29) is 0 Å². The van der Waals surface area contributed by atoms with Crippen molar-refractivity contribution in [2.24, 2.45) is 10.7 Å². The van der Waals surface area contributed by atoms with Gasteiger partial charge in [-0.3, -0.25) is 0 Å². The number of rotatable bonds is 4. The van der Waals surface area contributed by atoms with Crippen molar-refractivity contribution in [3.63, 3.8) is 0 Å². The lowest BCUT2D eigenvalue weighted by atomic mass is 10.0. The normalized spacial score (nSPS) is 11.4. The van der Waals surface area contributed by atoms with E-state index < -0.39 is 0 Å². The number of nitrogens with zero attached hydrogens (tertiary/aromatic N) is 1. The molecule has 0 aliphatic carbocycles. The Bertz CT molecular complexity index is 434. The van der Waals surface area contributed by atoms with Gasteiger partial charge in [-0.2, -0.15) is 0 Å². The van der Waals surface area contributed by atoms with Gasteiger partial charge >= 0.3 is 0 Å². The number of allylic oxidation sites excluding steroid dienone is 2. The van der Waals surface area contributed by atoms with Crippen LogP contribution in [-0.2, 0) is 6.42 Å². The summed E-state index contributed by atoms with van der Waals surface area (Å²) >= 11 is 0. The lowest BCUT2D eigenvalue weighted by Gasteiger charge is -2.06. The molecule has 0 aliphatic heterocycles. The van der Waals surface area contributed by atoms with E-state index >= 15 is 0 Å². The van der Waals surface area contributed by atoms with Gasteiger partial charge in [0.1, 0.15) is 0 Å². The van der Waals surface area contributed by atoms with Crippen LogP contribution in [0.5, 0.6) is 0 Å². The Morgan fingerprint density at radius 1 is 1.24 bits per heavy atom. The van der Waals surface area contributed by atoms with Crippen LogP contribution in [0.2, 0.25) is 0 Å². The van der Waals surface area contributed by atoms with Crippen molar-refractivity contribution in [1.29, 1.82) is 0 Å². The van der Waals surface area contributed by atoms with E-state index in [1.807, 2.05) is 6.92 Å². The van der Waals surface area contributed by atoms with Crippen LogP contribution in [-0.4, -0.2) is 5.84 Å². The quantitative estimate of drug-likeness (QED) is 0.623. The minimum atomic E-state index is 0.630. The first kappa shape index (κ1) is 13.5. The van der Waals surface area contributed by atoms with Crippen LogP contribution in [0.25, 0.3) is 0 Å². The highest BCUT2D eigenvalue weighted by Gasteiger charge is 2.00. The maximum absolute atomic E-state index is 5.64. The molecule has 0 fully saturated rings. The molecule has 0 aromatic heterocycles. The molecule has 0 heterocycles. The van der Waals surface area contributed by atoms with Crippen LogP contribution < -0.4 is 5.73 Å². The Morgan fingerprint density at radius 2 is 1.94 bits per heavy atom. The fraction of sp³-hybridized carbons (Fsp3) is 0.400. The van der Waals surface area contributed by atoms with Crippen molar-refractivity contribution >= 4 is 5.84 Å². The number of hydrogen-bond acceptors (Lipinski definition) is 1. The molecule has 1 aromatic rings. The molecule has 0 radical (unpaired) electrons. The summed E-state index contributed by atoms with van der Waals surface area (Å²) in [5, 5.41) is 0. The highest BCUT2D eigenvalue weighted by molar-refractivity contribution is 5.78. The fourth-order valence-corrected chi connectivity index (χ4v) is 1.76. The first-order chi connectivity index (χ1) is 7.99. The number of hydrogen-bond donors (Lipinski definition) is 1. The molecule has 17 heavy (non-hydrogen) atoms. The third-order valence-electron chi connectivity index (χ3n) is 2.62. The highest BCUT2D eigenvalue weighted by atomic mass is 14.9. The van der Waals surface area contributed by atoms with Gasteiger partial charge in [0.25, 0.3) is 0 Å². The largest absolute Gasteiger partial charge is 0.387 e. The van der Waals surface area contributed by atoms with Gasteiger partial charge in [0.2, 0.25) is 0 Å². The van der Waals surface area contributed by atoms with Gasteiger partial charge in [-0.15, -0.1) is 0 Å². The van der Waals surface area contributed by atoms with Crippen molar-refractivity contribution in [2.45, 2.75) is 40.5 Å². The van der Waals surface area contributed by atoms with E-state index in [2.05, 4.69) is 50.0 Å². The van der Waals surface area contributed by atoms with E-state index in [0.29, 0.717) is 5.84 Å². The molecule has 2 heteroatoms. The molecular weight excluding hydrogens is 208 g/mol. The van der Waals surface area contributed by atoms with Gasteiger partial charge in [0.15, 0.2) is 0 Å². The van der Waals surface area contributed by atoms with E-state index in [9.17, 15) is 0 Å². The molecule has 1 rings (SSSR count). The fourth-order valence-electron chi connectivity index (χ4n) is 1.76. The van der Waals surface area contributed by atoms with Crippen LogP contribution in [0.4, 0.5) is 0 Å². The molecule has 0 bridgehead atoms. The number of benzene rings is 1. The molecule has 0 spiro atoms. The average Bonchev–Trinajstić information content (AvgIpc) is 2.23. The number of aliphatic imine (C=N–C) groups is 1. The Hall–Kier alpha value is -1.57. The third-order valence-corrected chi connectivity index (χ3v) is 2.62. The Morgan fingerprint density at radius 3 is 2.47 bits per heavy atom. The van der Waals surface area contributed by atoms with Crippen molar-refractivity contribution in [3.05, 3.63) is 46.7 Å². The zero-order valence-electron chi connectivity index (χ0n) is 11.2. The van der Waals surface area contributed by atoms with Gasteiger partial charge < -0.3 is 5.73 Å². The highest BCUT2D eigenvalue weighted by Crippen LogP contribution is 2.15. The monoisotopic (exact) mass is 230 g/mol. The zero-order valence-corrected chi connectivity index (χ0v) is 11.2. The smallest absolute Gasteiger partial charge is 0.0960 e. The van der Waals surface area contributed by atoms with E-state index in [1.165, 1.54) is 16.7 Å². The maximum atomic E-state index is 5.64. The second kappa shape index (κ2) is 6.24. The predicted octanol–water partition coefficient (Wildman–Crippen LogP) is 3.60. The van der Waals surface area contributed by atoms with Gasteiger partial charge in [-0.1, -0.05) is 35.4 Å². The Labute approximate surface area is 104 Å². The molecule has 0 saturated heterocycles. The molecule has 2 N–H and O–H groups in total. The van der Waals surface area contributed by atoms with Crippen LogP contribution in [0, 0.1) is 6.92 Å². The average molecular weight is 230 g/mol. The van der Waals surface area contributed by atoms with Crippen molar-refractivity contribution in [2.75, 3.05) is 0 Å². The third kappa shape index (κ3) is 4.85. The number of aryl methyl sites for hydroxylation is 2. The van der Waals surface area contributed by atoms with Crippen LogP contribution in [0.1, 0.15) is 38.3 Å². The SMILES string of the molecule is CC(C)=C(CCc1cccc(C)c1)/N=C(/C)N. The first-order valence-corrected chi connectivity index (χ1v) is 6.01. The molecule has 0 atom stereocenters. The van der Waals surface area contributed by atoms with E-state index in [4.69, 9.17) is 5.73 Å². The summed E-state index contributed by atoms with van der Waals surface area (Å²) in [6.45, 7) is 8.11. The lowest BCUT2D eigenvalue weighted by molar-refractivity contribution is 0.904. The summed E-state index contributed by atoms with van der Waals surface area (Å²) in [7, 11) is 0. The topological polar surface area (TPSA) is 38.4 Å². The zero-order chi connectivity index (χ0) is 12.8. The minimum absolute atomic E-state index is 0.630. The van der Waals surface area contributed by atoms with Crippen LogP contribution >= 0.6 is 0 Å². The molecule has 0 unspecified atom stereocenters. The van der Waals surface area contributed by atoms with Crippen molar-refractivity contribution in [3.8, 4) is 0 Å². The Balaban J connectivity index is 2.72. The number of amidine groups is 1. The summed E-state index contributed by atoms with van der Waals surface area (Å²) < 4.78 is 0. The summed E-state index contributed by atoms with van der Waals surface area (Å²) in [5.41, 5.74) is 10.6. The Kier molecular flexibility index (Phi) is 4.95. The van der Waals surface area contributed by atoms with Crippen molar-refractivity contribution < 1.29 is 0 Å². The summed E-state index contributed by atoms with van der Waals surface area (Å²) in [4.78, 5) is 4.39. The second-order valence-corrected chi connectivity index (χ2v) is 4.69. The van der Waals surface area contributed by atoms with Crippen molar-refractivity contribution in [1.82, 2.24) is 0 Å². The second-order valence-electron chi connectivity index (χ2n) is 4.69. The van der Waals surface area contributed by atoms with E-state index in [0.717, 1.165) is 18.5 Å². The molecule has 0 amide bonds. The predicted molar refractivity (Wildman–Crippen MR) is 75.2 cm³/mol. The number of nitrogens with two attached hydrogens (primary N) is 1.